The number of esters is 1. The molecular formula is C24H24N4O2. The van der Waals surface area contributed by atoms with E-state index in [-0.39, 0.29) is 12.1 Å². The molecule has 1 aromatic heterocycles. The van der Waals surface area contributed by atoms with Crippen LogP contribution in [0.1, 0.15) is 37.7 Å². The van der Waals surface area contributed by atoms with Gasteiger partial charge in [0.25, 0.3) is 0 Å². The van der Waals surface area contributed by atoms with Crippen molar-refractivity contribution in [2.45, 2.75) is 56.8 Å². The van der Waals surface area contributed by atoms with Crippen molar-refractivity contribution in [3.8, 4) is 6.07 Å². The van der Waals surface area contributed by atoms with E-state index < -0.39 is 0 Å². The van der Waals surface area contributed by atoms with E-state index in [0.29, 0.717) is 30.6 Å². The van der Waals surface area contributed by atoms with Crippen LogP contribution < -0.4 is 4.90 Å². The van der Waals surface area contributed by atoms with Gasteiger partial charge in [-0.3, -0.25) is 4.79 Å². The smallest absolute Gasteiger partial charge is 0.307 e. The molecule has 30 heavy (non-hydrogen) atoms. The molecule has 3 heterocycles. The van der Waals surface area contributed by atoms with Crippen LogP contribution in [0.15, 0.2) is 55.1 Å². The zero-order chi connectivity index (χ0) is 20.5. The Kier molecular flexibility index (Phi) is 4.88. The van der Waals surface area contributed by atoms with Crippen molar-refractivity contribution in [1.82, 2.24) is 9.55 Å². The molecule has 2 aromatic carbocycles. The number of fused-ring (bicyclic) bond motifs is 3. The third-order valence-corrected chi connectivity index (χ3v) is 6.42. The van der Waals surface area contributed by atoms with Gasteiger partial charge in [0, 0.05) is 60.3 Å². The average molecular weight is 400 g/mol. The highest BCUT2D eigenvalue weighted by Crippen LogP contribution is 2.43. The van der Waals surface area contributed by atoms with E-state index in [2.05, 4.69) is 28.1 Å². The standard InChI is InChI=1S/C24H24N4O2/c25-15-17-5-8-23(22-4-2-1-3-21(17)22)28-18-6-7-19(28)14-20(13-18)30-24(29)9-11-27-12-10-26-16-27/h1-5,8,10,12,16,18-20H,6-7,9,11,13-14H2. The maximum absolute atomic E-state index is 12.3. The van der Waals surface area contributed by atoms with E-state index in [1.807, 2.05) is 35.0 Å². The molecule has 6 heteroatoms. The first-order valence-electron chi connectivity index (χ1n) is 10.6. The van der Waals surface area contributed by atoms with Crippen molar-refractivity contribution in [2.75, 3.05) is 4.90 Å². The lowest BCUT2D eigenvalue weighted by Crippen LogP contribution is -2.46. The molecule has 2 atom stereocenters. The molecule has 0 amide bonds. The van der Waals surface area contributed by atoms with Crippen LogP contribution in [0.5, 0.6) is 0 Å². The van der Waals surface area contributed by atoms with E-state index in [1.165, 1.54) is 5.69 Å². The van der Waals surface area contributed by atoms with Gasteiger partial charge in [-0.05, 0) is 25.0 Å². The molecule has 0 radical (unpaired) electrons. The topological polar surface area (TPSA) is 71.2 Å². The second kappa shape index (κ2) is 7.83. The summed E-state index contributed by atoms with van der Waals surface area (Å²) in [6, 6.07) is 15.2. The third-order valence-electron chi connectivity index (χ3n) is 6.42. The minimum atomic E-state index is -0.134. The van der Waals surface area contributed by atoms with Gasteiger partial charge in [-0.1, -0.05) is 24.3 Å². The summed E-state index contributed by atoms with van der Waals surface area (Å²) in [6.45, 7) is 0.599. The quantitative estimate of drug-likeness (QED) is 0.605. The van der Waals surface area contributed by atoms with Crippen molar-refractivity contribution < 1.29 is 9.53 Å². The van der Waals surface area contributed by atoms with Crippen LogP contribution in [-0.2, 0) is 16.1 Å². The Morgan fingerprint density at radius 3 is 2.60 bits per heavy atom. The fourth-order valence-corrected chi connectivity index (χ4v) is 5.11. The van der Waals surface area contributed by atoms with Gasteiger partial charge in [0.1, 0.15) is 6.10 Å². The summed E-state index contributed by atoms with van der Waals surface area (Å²) in [5.74, 6) is -0.134. The Morgan fingerprint density at radius 2 is 1.90 bits per heavy atom. The van der Waals surface area contributed by atoms with Gasteiger partial charge in [0.2, 0.25) is 0 Å². The van der Waals surface area contributed by atoms with Gasteiger partial charge in [-0.25, -0.2) is 4.98 Å². The second-order valence-corrected chi connectivity index (χ2v) is 8.22. The lowest BCUT2D eigenvalue weighted by molar-refractivity contribution is -0.150. The Bertz CT molecular complexity index is 1090. The van der Waals surface area contributed by atoms with Crippen LogP contribution in [0.2, 0.25) is 0 Å². The predicted octanol–water partition coefficient (Wildman–Crippen LogP) is 4.04. The number of aromatic nitrogens is 2. The molecule has 0 spiro atoms. The van der Waals surface area contributed by atoms with E-state index in [4.69, 9.17) is 4.74 Å². The van der Waals surface area contributed by atoms with Crippen LogP contribution in [0.25, 0.3) is 10.8 Å². The van der Waals surface area contributed by atoms with E-state index in [9.17, 15) is 10.1 Å². The van der Waals surface area contributed by atoms with Crippen molar-refractivity contribution in [3.63, 3.8) is 0 Å². The second-order valence-electron chi connectivity index (χ2n) is 8.22. The minimum Gasteiger partial charge on any atom is -0.462 e. The average Bonchev–Trinajstić information content (AvgIpc) is 3.37. The molecule has 2 aliphatic heterocycles. The predicted molar refractivity (Wildman–Crippen MR) is 114 cm³/mol. The van der Waals surface area contributed by atoms with E-state index >= 15 is 0 Å². The molecule has 2 saturated heterocycles. The van der Waals surface area contributed by atoms with Crippen molar-refractivity contribution in [3.05, 3.63) is 60.7 Å². The Labute approximate surface area is 175 Å². The SMILES string of the molecule is N#Cc1ccc(N2C3CCC2CC(OC(=O)CCn2ccnc2)C3)c2ccccc12. The lowest BCUT2D eigenvalue weighted by Gasteiger charge is -2.40. The summed E-state index contributed by atoms with van der Waals surface area (Å²) in [5, 5.41) is 11.6. The number of aryl methyl sites for hydroxylation is 1. The molecule has 6 nitrogen and oxygen atoms in total. The highest BCUT2D eigenvalue weighted by atomic mass is 16.5. The summed E-state index contributed by atoms with van der Waals surface area (Å²) in [4.78, 5) is 18.9. The molecule has 3 aromatic rings. The van der Waals surface area contributed by atoms with Gasteiger partial charge in [0.05, 0.1) is 24.4 Å². The maximum atomic E-state index is 12.3. The number of hydrogen-bond donors (Lipinski definition) is 0. The van der Waals surface area contributed by atoms with Crippen LogP contribution >= 0.6 is 0 Å². The normalized spacial score (nSPS) is 22.8. The minimum absolute atomic E-state index is 0.0151. The largest absolute Gasteiger partial charge is 0.462 e. The first kappa shape index (κ1) is 18.7. The molecule has 0 N–H and O–H groups in total. The molecule has 2 aliphatic rings. The van der Waals surface area contributed by atoms with Crippen molar-refractivity contribution in [1.29, 1.82) is 5.26 Å². The Morgan fingerprint density at radius 1 is 1.13 bits per heavy atom. The van der Waals surface area contributed by atoms with Gasteiger partial charge in [-0.15, -0.1) is 0 Å². The number of carbonyl (C=O) groups is 1. The van der Waals surface area contributed by atoms with E-state index in [0.717, 1.165) is 36.5 Å². The van der Waals surface area contributed by atoms with Gasteiger partial charge < -0.3 is 14.2 Å². The number of nitrogens with zero attached hydrogens (tertiary/aromatic N) is 4. The first-order valence-corrected chi connectivity index (χ1v) is 10.6. The number of benzene rings is 2. The number of piperidine rings is 1. The van der Waals surface area contributed by atoms with Gasteiger partial charge in [-0.2, -0.15) is 5.26 Å². The van der Waals surface area contributed by atoms with Crippen LogP contribution in [0.4, 0.5) is 5.69 Å². The number of imidazole rings is 1. The summed E-state index contributed by atoms with van der Waals surface area (Å²) < 4.78 is 7.73. The number of nitriles is 1. The number of anilines is 1. The summed E-state index contributed by atoms with van der Waals surface area (Å²) in [6.07, 6.45) is 9.59. The molecule has 0 saturated carbocycles. The van der Waals surface area contributed by atoms with Crippen LogP contribution in [-0.4, -0.2) is 33.7 Å². The monoisotopic (exact) mass is 400 g/mol. The van der Waals surface area contributed by atoms with E-state index in [1.54, 1.807) is 12.5 Å². The highest BCUT2D eigenvalue weighted by molar-refractivity contribution is 5.98. The van der Waals surface area contributed by atoms with Gasteiger partial charge in [0.15, 0.2) is 0 Å². The molecule has 0 aliphatic carbocycles. The Hall–Kier alpha value is -3.33. The van der Waals surface area contributed by atoms with Crippen LogP contribution in [0.3, 0.4) is 0 Å². The number of carbonyl (C=O) groups excluding carboxylic acids is 1. The third kappa shape index (κ3) is 3.41. The lowest BCUT2D eigenvalue weighted by atomic mass is 9.96. The fraction of sp³-hybridized carbons (Fsp3) is 0.375. The summed E-state index contributed by atoms with van der Waals surface area (Å²) in [5.41, 5.74) is 1.91. The number of rotatable bonds is 5. The molecule has 5 rings (SSSR count). The molecule has 2 fully saturated rings. The molecule has 152 valence electrons. The van der Waals surface area contributed by atoms with Gasteiger partial charge >= 0.3 is 5.97 Å². The highest BCUT2D eigenvalue weighted by Gasteiger charge is 2.42. The molecular weight excluding hydrogens is 376 g/mol. The van der Waals surface area contributed by atoms with Crippen molar-refractivity contribution in [2.24, 2.45) is 0 Å². The Balaban J connectivity index is 1.30. The summed E-state index contributed by atoms with van der Waals surface area (Å²) >= 11 is 0. The van der Waals surface area contributed by atoms with Crippen LogP contribution in [0, 0.1) is 11.3 Å². The summed E-state index contributed by atoms with van der Waals surface area (Å²) in [7, 11) is 0. The van der Waals surface area contributed by atoms with Crippen molar-refractivity contribution >= 4 is 22.4 Å². The fourth-order valence-electron chi connectivity index (χ4n) is 5.11. The number of hydrogen-bond acceptors (Lipinski definition) is 5. The maximum Gasteiger partial charge on any atom is 0.307 e. The molecule has 2 bridgehead atoms. The number of ether oxygens (including phenoxy) is 1. The zero-order valence-corrected chi connectivity index (χ0v) is 16.8. The molecule has 2 unspecified atom stereocenters. The zero-order valence-electron chi connectivity index (χ0n) is 16.8. The first-order chi connectivity index (χ1) is 14.7.